The smallest absolute Gasteiger partial charge is 0.246 e. The van der Waals surface area contributed by atoms with Gasteiger partial charge in [-0.2, -0.15) is 4.31 Å². The standard InChI is InChI=1S/C20H19FN2O5S/c21-16-2-1-3-17(13-16)29(25,26)23-10-8-22(9-11-23)20(24)7-5-15-4-6-18-19(12-15)28-14-27-18/h1-7,12-13H,8-11,14H2/b7-5+. The summed E-state index contributed by atoms with van der Waals surface area (Å²) in [7, 11) is -3.78. The number of piperazine rings is 1. The Kier molecular flexibility index (Phi) is 5.25. The monoisotopic (exact) mass is 418 g/mol. The average molecular weight is 418 g/mol. The minimum absolute atomic E-state index is 0.0834. The molecule has 4 rings (SSSR count). The van der Waals surface area contributed by atoms with Gasteiger partial charge in [0.05, 0.1) is 4.90 Å². The van der Waals surface area contributed by atoms with E-state index in [1.165, 1.54) is 28.6 Å². The van der Waals surface area contributed by atoms with Crippen molar-refractivity contribution in [2.24, 2.45) is 0 Å². The highest BCUT2D eigenvalue weighted by atomic mass is 32.2. The number of amides is 1. The maximum absolute atomic E-state index is 13.4. The van der Waals surface area contributed by atoms with Crippen molar-refractivity contribution in [1.29, 1.82) is 0 Å². The summed E-state index contributed by atoms with van der Waals surface area (Å²) in [6.07, 6.45) is 3.13. The van der Waals surface area contributed by atoms with Crippen molar-refractivity contribution < 1.29 is 27.1 Å². The van der Waals surface area contributed by atoms with Gasteiger partial charge in [0.25, 0.3) is 0 Å². The Bertz CT molecular complexity index is 1060. The summed E-state index contributed by atoms with van der Waals surface area (Å²) < 4.78 is 50.5. The number of rotatable bonds is 4. The average Bonchev–Trinajstić information content (AvgIpc) is 3.20. The molecule has 2 aromatic carbocycles. The summed E-state index contributed by atoms with van der Waals surface area (Å²) >= 11 is 0. The van der Waals surface area contributed by atoms with Gasteiger partial charge in [0.2, 0.25) is 22.7 Å². The van der Waals surface area contributed by atoms with Crippen molar-refractivity contribution in [2.45, 2.75) is 4.90 Å². The molecule has 7 nitrogen and oxygen atoms in total. The predicted octanol–water partition coefficient (Wildman–Crippen LogP) is 2.10. The zero-order valence-corrected chi connectivity index (χ0v) is 16.3. The molecule has 9 heteroatoms. The van der Waals surface area contributed by atoms with Gasteiger partial charge in [-0.05, 0) is 42.0 Å². The van der Waals surface area contributed by atoms with Crippen LogP contribution in [0, 0.1) is 5.82 Å². The zero-order valence-electron chi connectivity index (χ0n) is 15.5. The van der Waals surface area contributed by atoms with E-state index in [0.29, 0.717) is 11.5 Å². The van der Waals surface area contributed by atoms with E-state index in [1.54, 1.807) is 23.1 Å². The molecule has 2 aliphatic rings. The molecule has 0 saturated carbocycles. The molecular weight excluding hydrogens is 399 g/mol. The third kappa shape index (κ3) is 4.10. The molecular formula is C20H19FN2O5S. The number of sulfonamides is 1. The van der Waals surface area contributed by atoms with Gasteiger partial charge in [-0.15, -0.1) is 0 Å². The van der Waals surface area contributed by atoms with Gasteiger partial charge in [0.15, 0.2) is 11.5 Å². The SMILES string of the molecule is O=C(/C=C/c1ccc2c(c1)OCO2)N1CCN(S(=O)(=O)c2cccc(F)c2)CC1. The Hall–Kier alpha value is -2.91. The number of halogens is 1. The largest absolute Gasteiger partial charge is 0.454 e. The fraction of sp³-hybridized carbons (Fsp3) is 0.250. The maximum Gasteiger partial charge on any atom is 0.246 e. The second-order valence-corrected chi connectivity index (χ2v) is 8.57. The molecule has 29 heavy (non-hydrogen) atoms. The quantitative estimate of drug-likeness (QED) is 0.711. The van der Waals surface area contributed by atoms with Crippen LogP contribution in [-0.4, -0.2) is 56.5 Å². The van der Waals surface area contributed by atoms with E-state index in [1.807, 2.05) is 6.07 Å². The van der Waals surface area contributed by atoms with E-state index < -0.39 is 15.8 Å². The molecule has 0 bridgehead atoms. The fourth-order valence-corrected chi connectivity index (χ4v) is 4.67. The molecule has 1 saturated heterocycles. The van der Waals surface area contributed by atoms with Crippen LogP contribution in [0.4, 0.5) is 4.39 Å². The number of hydrogen-bond acceptors (Lipinski definition) is 5. The molecule has 0 N–H and O–H groups in total. The van der Waals surface area contributed by atoms with Crippen LogP contribution in [0.3, 0.4) is 0 Å². The van der Waals surface area contributed by atoms with E-state index >= 15 is 0 Å². The number of nitrogens with zero attached hydrogens (tertiary/aromatic N) is 2. The first-order valence-corrected chi connectivity index (χ1v) is 10.5. The number of hydrogen-bond donors (Lipinski definition) is 0. The first kappa shape index (κ1) is 19.4. The second kappa shape index (κ2) is 7.84. The van der Waals surface area contributed by atoms with Crippen molar-refractivity contribution in [2.75, 3.05) is 33.0 Å². The van der Waals surface area contributed by atoms with Crippen LogP contribution < -0.4 is 9.47 Å². The van der Waals surface area contributed by atoms with Gasteiger partial charge in [0.1, 0.15) is 5.82 Å². The van der Waals surface area contributed by atoms with Crippen molar-refractivity contribution in [3.05, 3.63) is 59.9 Å². The van der Waals surface area contributed by atoms with Crippen LogP contribution >= 0.6 is 0 Å². The second-order valence-electron chi connectivity index (χ2n) is 6.63. The molecule has 0 unspecified atom stereocenters. The molecule has 2 aliphatic heterocycles. The minimum Gasteiger partial charge on any atom is -0.454 e. The van der Waals surface area contributed by atoms with Crippen molar-refractivity contribution in [3.8, 4) is 11.5 Å². The normalized spacial score (nSPS) is 17.1. The number of ether oxygens (including phenoxy) is 2. The number of carbonyl (C=O) groups excluding carboxylic acids is 1. The van der Waals surface area contributed by atoms with E-state index in [2.05, 4.69) is 0 Å². The van der Waals surface area contributed by atoms with Crippen molar-refractivity contribution in [3.63, 3.8) is 0 Å². The van der Waals surface area contributed by atoms with E-state index in [0.717, 1.165) is 11.6 Å². The van der Waals surface area contributed by atoms with Crippen LogP contribution in [0.5, 0.6) is 11.5 Å². The Morgan fingerprint density at radius 2 is 1.76 bits per heavy atom. The number of carbonyl (C=O) groups is 1. The molecule has 0 spiro atoms. The first-order chi connectivity index (χ1) is 13.9. The van der Waals surface area contributed by atoms with Gasteiger partial charge >= 0.3 is 0 Å². The Morgan fingerprint density at radius 3 is 2.52 bits per heavy atom. The molecule has 0 atom stereocenters. The summed E-state index contributed by atoms with van der Waals surface area (Å²) in [6, 6.07) is 10.3. The predicted molar refractivity (Wildman–Crippen MR) is 103 cm³/mol. The third-order valence-corrected chi connectivity index (χ3v) is 6.69. The van der Waals surface area contributed by atoms with Crippen molar-refractivity contribution in [1.82, 2.24) is 9.21 Å². The van der Waals surface area contributed by atoms with E-state index in [9.17, 15) is 17.6 Å². The maximum atomic E-state index is 13.4. The molecule has 152 valence electrons. The summed E-state index contributed by atoms with van der Waals surface area (Å²) in [5.41, 5.74) is 0.801. The minimum atomic E-state index is -3.78. The van der Waals surface area contributed by atoms with Crippen LogP contribution in [-0.2, 0) is 14.8 Å². The Labute approximate surface area is 168 Å². The summed E-state index contributed by atoms with van der Waals surface area (Å²) in [5.74, 6) is 0.499. The van der Waals surface area contributed by atoms with E-state index in [-0.39, 0.29) is 43.8 Å². The van der Waals surface area contributed by atoms with Crippen molar-refractivity contribution >= 4 is 22.0 Å². The molecule has 0 radical (unpaired) electrons. The first-order valence-electron chi connectivity index (χ1n) is 9.06. The lowest BCUT2D eigenvalue weighted by Crippen LogP contribution is -2.50. The molecule has 1 fully saturated rings. The van der Waals surface area contributed by atoms with Gasteiger partial charge < -0.3 is 14.4 Å². The van der Waals surface area contributed by atoms with Crippen LogP contribution in [0.15, 0.2) is 53.4 Å². The molecule has 2 aromatic rings. The number of fused-ring (bicyclic) bond motifs is 1. The fourth-order valence-electron chi connectivity index (χ4n) is 3.22. The summed E-state index contributed by atoms with van der Waals surface area (Å²) in [6.45, 7) is 1.02. The molecule has 0 aliphatic carbocycles. The molecule has 1 amide bonds. The van der Waals surface area contributed by atoms with E-state index in [4.69, 9.17) is 9.47 Å². The van der Waals surface area contributed by atoms with Gasteiger partial charge in [0, 0.05) is 32.3 Å². The van der Waals surface area contributed by atoms with Crippen LogP contribution in [0.25, 0.3) is 6.08 Å². The third-order valence-electron chi connectivity index (χ3n) is 4.80. The highest BCUT2D eigenvalue weighted by Gasteiger charge is 2.29. The zero-order chi connectivity index (χ0) is 20.4. The Morgan fingerprint density at radius 1 is 1.00 bits per heavy atom. The highest BCUT2D eigenvalue weighted by Crippen LogP contribution is 2.32. The Balaban J connectivity index is 1.37. The lowest BCUT2D eigenvalue weighted by atomic mass is 10.2. The number of benzene rings is 2. The lowest BCUT2D eigenvalue weighted by Gasteiger charge is -2.33. The van der Waals surface area contributed by atoms with Gasteiger partial charge in [-0.1, -0.05) is 12.1 Å². The highest BCUT2D eigenvalue weighted by molar-refractivity contribution is 7.89. The van der Waals surface area contributed by atoms with Crippen LogP contribution in [0.1, 0.15) is 5.56 Å². The topological polar surface area (TPSA) is 76.2 Å². The lowest BCUT2D eigenvalue weighted by molar-refractivity contribution is -0.127. The summed E-state index contributed by atoms with van der Waals surface area (Å²) in [5, 5.41) is 0. The summed E-state index contributed by atoms with van der Waals surface area (Å²) in [4.78, 5) is 13.9. The van der Waals surface area contributed by atoms with Gasteiger partial charge in [-0.3, -0.25) is 4.79 Å². The van der Waals surface area contributed by atoms with Gasteiger partial charge in [-0.25, -0.2) is 12.8 Å². The molecule has 0 aromatic heterocycles. The molecule has 2 heterocycles. The van der Waals surface area contributed by atoms with Crippen LogP contribution in [0.2, 0.25) is 0 Å².